The Balaban J connectivity index is 2.59. The number of aromatic hydroxyl groups is 1. The molecule has 1 amide bonds. The summed E-state index contributed by atoms with van der Waals surface area (Å²) in [5, 5.41) is 25.1. The second-order valence-corrected chi connectivity index (χ2v) is 5.10. The molecule has 24 heavy (non-hydrogen) atoms. The molecule has 8 heteroatoms. The summed E-state index contributed by atoms with van der Waals surface area (Å²) in [6, 6.07) is 4.74. The predicted molar refractivity (Wildman–Crippen MR) is 91.0 cm³/mol. The van der Waals surface area contributed by atoms with Gasteiger partial charge in [0.05, 0.1) is 29.5 Å². The molecule has 0 fully saturated rings. The molecular weight excluding hydrogens is 308 g/mol. The van der Waals surface area contributed by atoms with Crippen LogP contribution in [-0.4, -0.2) is 42.8 Å². The molecule has 1 aliphatic rings. The number of aliphatic imine (C=N–C) groups is 2. The van der Waals surface area contributed by atoms with Gasteiger partial charge < -0.3 is 16.2 Å². The van der Waals surface area contributed by atoms with Gasteiger partial charge in [-0.3, -0.25) is 20.1 Å². The maximum Gasteiger partial charge on any atom is 0.262 e. The largest absolute Gasteiger partial charge is 0.507 e. The number of hydrogen-bond donors (Lipinski definition) is 4. The number of rotatable bonds is 3. The van der Waals surface area contributed by atoms with Crippen LogP contribution >= 0.6 is 0 Å². The molecular formula is C16H18N6O2. The minimum absolute atomic E-state index is 0.0523. The number of amides is 1. The zero-order valence-corrected chi connectivity index (χ0v) is 13.4. The number of allylic oxidation sites excluding steroid dienone is 2. The van der Waals surface area contributed by atoms with Gasteiger partial charge in [-0.25, -0.2) is 0 Å². The number of hydrogen-bond acceptors (Lipinski definition) is 7. The number of benzene rings is 1. The molecule has 0 saturated carbocycles. The highest BCUT2D eigenvalue weighted by molar-refractivity contribution is 6.19. The monoisotopic (exact) mass is 326 g/mol. The van der Waals surface area contributed by atoms with Gasteiger partial charge in [-0.1, -0.05) is 0 Å². The number of phenols is 1. The second kappa shape index (κ2) is 7.28. The standard InChI is InChI=1S/C16H18N6O2/c1-9(18)7-11(19-2)13-10(8-17)3-4-12(23)14(13)15(24)22-16-20-5-6-21-16/h3-4,7,23H,5-6,18H2,1-2H3,(H2,20,21,22,24)/b9-7-,19-11?. The van der Waals surface area contributed by atoms with Crippen molar-refractivity contribution in [3.8, 4) is 11.8 Å². The summed E-state index contributed by atoms with van der Waals surface area (Å²) < 4.78 is 0. The molecule has 8 nitrogen and oxygen atoms in total. The number of carbonyl (C=O) groups is 1. The van der Waals surface area contributed by atoms with E-state index in [0.717, 1.165) is 0 Å². The molecule has 0 aliphatic carbocycles. The number of phenolic OH excluding ortho intramolecular Hbond substituents is 1. The summed E-state index contributed by atoms with van der Waals surface area (Å²) in [6.07, 6.45) is 1.54. The summed E-state index contributed by atoms with van der Waals surface area (Å²) in [4.78, 5) is 20.8. The van der Waals surface area contributed by atoms with Gasteiger partial charge >= 0.3 is 0 Å². The Bertz CT molecular complexity index is 798. The van der Waals surface area contributed by atoms with Crippen LogP contribution in [0, 0.1) is 11.3 Å². The maximum absolute atomic E-state index is 12.6. The Morgan fingerprint density at radius 3 is 2.83 bits per heavy atom. The van der Waals surface area contributed by atoms with Crippen molar-refractivity contribution in [2.75, 3.05) is 20.1 Å². The lowest BCUT2D eigenvalue weighted by Crippen LogP contribution is -2.38. The van der Waals surface area contributed by atoms with Crippen molar-refractivity contribution in [2.24, 2.45) is 15.7 Å². The Kier molecular flexibility index (Phi) is 5.16. The van der Waals surface area contributed by atoms with Gasteiger partial charge in [0.25, 0.3) is 5.91 Å². The van der Waals surface area contributed by atoms with Crippen molar-refractivity contribution >= 4 is 17.6 Å². The van der Waals surface area contributed by atoms with E-state index in [1.165, 1.54) is 25.3 Å². The molecule has 1 aromatic rings. The molecule has 0 saturated heterocycles. The Morgan fingerprint density at radius 2 is 2.29 bits per heavy atom. The topological polar surface area (TPSA) is 136 Å². The van der Waals surface area contributed by atoms with Gasteiger partial charge in [-0.15, -0.1) is 0 Å². The first kappa shape index (κ1) is 17.0. The molecule has 5 N–H and O–H groups in total. The lowest BCUT2D eigenvalue weighted by atomic mass is 9.95. The first-order chi connectivity index (χ1) is 11.5. The average Bonchev–Trinajstić information content (AvgIpc) is 3.04. The van der Waals surface area contributed by atoms with Crippen LogP contribution in [0.5, 0.6) is 5.75 Å². The lowest BCUT2D eigenvalue weighted by Gasteiger charge is -2.14. The second-order valence-electron chi connectivity index (χ2n) is 5.10. The molecule has 0 aromatic heterocycles. The molecule has 0 radical (unpaired) electrons. The van der Waals surface area contributed by atoms with Crippen LogP contribution in [0.15, 0.2) is 33.9 Å². The van der Waals surface area contributed by atoms with E-state index in [9.17, 15) is 15.2 Å². The molecule has 1 aromatic carbocycles. The van der Waals surface area contributed by atoms with Crippen molar-refractivity contribution in [3.05, 3.63) is 40.6 Å². The van der Waals surface area contributed by atoms with Crippen LogP contribution in [0.2, 0.25) is 0 Å². The molecule has 2 rings (SSSR count). The summed E-state index contributed by atoms with van der Waals surface area (Å²) in [7, 11) is 1.52. The molecule has 1 heterocycles. The van der Waals surface area contributed by atoms with E-state index >= 15 is 0 Å². The van der Waals surface area contributed by atoms with Crippen LogP contribution in [0.4, 0.5) is 0 Å². The number of nitrogens with zero attached hydrogens (tertiary/aromatic N) is 3. The molecule has 0 atom stereocenters. The number of guanidine groups is 1. The molecule has 124 valence electrons. The normalized spacial score (nSPS) is 14.6. The highest BCUT2D eigenvalue weighted by Crippen LogP contribution is 2.26. The van der Waals surface area contributed by atoms with E-state index < -0.39 is 5.91 Å². The minimum atomic E-state index is -0.586. The highest BCUT2D eigenvalue weighted by atomic mass is 16.3. The first-order valence-electron chi connectivity index (χ1n) is 7.24. The predicted octanol–water partition coefficient (Wildman–Crippen LogP) is 0.234. The fourth-order valence-electron chi connectivity index (χ4n) is 2.30. The third-order valence-corrected chi connectivity index (χ3v) is 3.30. The van der Waals surface area contributed by atoms with Gasteiger partial charge in [0.2, 0.25) is 0 Å². The molecule has 1 aliphatic heterocycles. The minimum Gasteiger partial charge on any atom is -0.507 e. The van der Waals surface area contributed by atoms with Crippen LogP contribution in [-0.2, 0) is 0 Å². The third-order valence-electron chi connectivity index (χ3n) is 3.30. The quantitative estimate of drug-likeness (QED) is 0.590. The number of carbonyl (C=O) groups excluding carboxylic acids is 1. The van der Waals surface area contributed by atoms with Crippen LogP contribution in [0.3, 0.4) is 0 Å². The van der Waals surface area contributed by atoms with Crippen molar-refractivity contribution in [3.63, 3.8) is 0 Å². The Labute approximate surface area is 139 Å². The summed E-state index contributed by atoms with van der Waals surface area (Å²) in [5.74, 6) is -0.519. The van der Waals surface area contributed by atoms with Gasteiger partial charge in [0.15, 0.2) is 5.96 Å². The van der Waals surface area contributed by atoms with Gasteiger partial charge in [0, 0.05) is 24.9 Å². The summed E-state index contributed by atoms with van der Waals surface area (Å²) in [6.45, 7) is 2.85. The Hall–Kier alpha value is -3.34. The SMILES string of the molecule is CN=C(/C=C(/C)N)c1c(C#N)ccc(O)c1C(=O)NC1=NCCN1. The number of nitrogens with one attached hydrogen (secondary N) is 2. The van der Waals surface area contributed by atoms with E-state index in [2.05, 4.69) is 20.6 Å². The van der Waals surface area contributed by atoms with Gasteiger partial charge in [0.1, 0.15) is 5.75 Å². The van der Waals surface area contributed by atoms with E-state index in [0.29, 0.717) is 30.5 Å². The summed E-state index contributed by atoms with van der Waals surface area (Å²) >= 11 is 0. The highest BCUT2D eigenvalue weighted by Gasteiger charge is 2.24. The van der Waals surface area contributed by atoms with E-state index in [1.54, 1.807) is 6.92 Å². The fraction of sp³-hybridized carbons (Fsp3) is 0.250. The van der Waals surface area contributed by atoms with Crippen LogP contribution in [0.1, 0.15) is 28.4 Å². The average molecular weight is 326 g/mol. The smallest absolute Gasteiger partial charge is 0.262 e. The molecule has 0 bridgehead atoms. The van der Waals surface area contributed by atoms with Crippen molar-refractivity contribution in [2.45, 2.75) is 6.92 Å². The number of nitriles is 1. The first-order valence-corrected chi connectivity index (χ1v) is 7.24. The van der Waals surface area contributed by atoms with E-state index in [4.69, 9.17) is 5.73 Å². The fourth-order valence-corrected chi connectivity index (χ4v) is 2.30. The zero-order valence-electron chi connectivity index (χ0n) is 13.4. The molecule has 0 unspecified atom stereocenters. The number of nitrogens with two attached hydrogens (primary N) is 1. The maximum atomic E-state index is 12.6. The molecule has 0 spiro atoms. The van der Waals surface area contributed by atoms with Crippen LogP contribution in [0.25, 0.3) is 0 Å². The van der Waals surface area contributed by atoms with Gasteiger partial charge in [-0.05, 0) is 25.1 Å². The van der Waals surface area contributed by atoms with E-state index in [-0.39, 0.29) is 22.4 Å². The van der Waals surface area contributed by atoms with Gasteiger partial charge in [-0.2, -0.15) is 5.26 Å². The van der Waals surface area contributed by atoms with Crippen molar-refractivity contribution < 1.29 is 9.90 Å². The zero-order chi connectivity index (χ0) is 17.7. The van der Waals surface area contributed by atoms with Crippen LogP contribution < -0.4 is 16.4 Å². The van der Waals surface area contributed by atoms with E-state index in [1.807, 2.05) is 6.07 Å². The lowest BCUT2D eigenvalue weighted by molar-refractivity contribution is 0.0973. The van der Waals surface area contributed by atoms with Crippen molar-refractivity contribution in [1.82, 2.24) is 10.6 Å². The Morgan fingerprint density at radius 1 is 1.54 bits per heavy atom. The van der Waals surface area contributed by atoms with Crippen molar-refractivity contribution in [1.29, 1.82) is 5.26 Å². The third kappa shape index (κ3) is 3.52. The summed E-state index contributed by atoms with van der Waals surface area (Å²) in [5.41, 5.74) is 6.86.